The van der Waals surface area contributed by atoms with Crippen LogP contribution in [0.2, 0.25) is 0 Å². The van der Waals surface area contributed by atoms with Gasteiger partial charge in [-0.15, -0.1) is 0 Å². The molecule has 0 bridgehead atoms. The van der Waals surface area contributed by atoms with Crippen LogP contribution in [0.4, 0.5) is 0 Å². The molecule has 1 heterocycles. The highest BCUT2D eigenvalue weighted by Gasteiger charge is 2.36. The Balaban J connectivity index is 2.27. The number of Topliss-reactive ketones (excluding diaryl/α,β-unsaturated/α-hetero) is 2. The van der Waals surface area contributed by atoms with Crippen LogP contribution in [0.25, 0.3) is 0 Å². The standard InChI is InChI=1S/C13H16ClN3O3/c1-4-7-16-10-11(18)8(14)9(12(19)13(10)20-7)15-5-6-17(2)3/h15H,4-6H2,1-3H3. The Kier molecular flexibility index (Phi) is 4.25. The van der Waals surface area contributed by atoms with Crippen LogP contribution in [0.15, 0.2) is 15.1 Å². The van der Waals surface area contributed by atoms with Crippen molar-refractivity contribution in [2.24, 2.45) is 0 Å². The maximum atomic E-state index is 12.3. The number of nitrogens with one attached hydrogen (secondary N) is 1. The van der Waals surface area contributed by atoms with Gasteiger partial charge in [0.25, 0.3) is 0 Å². The molecule has 0 spiro atoms. The number of hydrogen-bond donors (Lipinski definition) is 1. The van der Waals surface area contributed by atoms with Gasteiger partial charge in [0.2, 0.25) is 17.3 Å². The molecule has 1 aliphatic rings. The van der Waals surface area contributed by atoms with Gasteiger partial charge in [0.1, 0.15) is 10.7 Å². The number of carbonyl (C=O) groups excluding carboxylic acids is 2. The Morgan fingerprint density at radius 1 is 1.30 bits per heavy atom. The van der Waals surface area contributed by atoms with Crippen molar-refractivity contribution in [3.63, 3.8) is 0 Å². The zero-order chi connectivity index (χ0) is 14.9. The Bertz CT molecular complexity index is 590. The van der Waals surface area contributed by atoms with E-state index in [1.165, 1.54) is 0 Å². The molecule has 20 heavy (non-hydrogen) atoms. The Morgan fingerprint density at radius 2 is 2.00 bits per heavy atom. The van der Waals surface area contributed by atoms with Crippen molar-refractivity contribution < 1.29 is 14.0 Å². The summed E-state index contributed by atoms with van der Waals surface area (Å²) in [5, 5.41) is 2.77. The molecule has 1 aliphatic carbocycles. The summed E-state index contributed by atoms with van der Waals surface area (Å²) < 4.78 is 5.32. The molecule has 1 aromatic heterocycles. The predicted octanol–water partition coefficient (Wildman–Crippen LogP) is 1.22. The number of halogens is 1. The van der Waals surface area contributed by atoms with E-state index in [9.17, 15) is 9.59 Å². The maximum absolute atomic E-state index is 12.3. The molecule has 0 saturated carbocycles. The minimum Gasteiger partial charge on any atom is -0.436 e. The van der Waals surface area contributed by atoms with Crippen LogP contribution >= 0.6 is 11.6 Å². The van der Waals surface area contributed by atoms with Crippen LogP contribution in [0.3, 0.4) is 0 Å². The van der Waals surface area contributed by atoms with Crippen LogP contribution in [0.1, 0.15) is 33.9 Å². The van der Waals surface area contributed by atoms with Gasteiger partial charge in [0.05, 0.1) is 0 Å². The summed E-state index contributed by atoms with van der Waals surface area (Å²) in [4.78, 5) is 30.3. The van der Waals surface area contributed by atoms with Crippen LogP contribution in [0.5, 0.6) is 0 Å². The smallest absolute Gasteiger partial charge is 0.248 e. The first kappa shape index (κ1) is 14.7. The second-order valence-corrected chi connectivity index (χ2v) is 5.09. The van der Waals surface area contributed by atoms with Gasteiger partial charge in [-0.05, 0) is 14.1 Å². The average Bonchev–Trinajstić information content (AvgIpc) is 2.84. The molecule has 0 unspecified atom stereocenters. The van der Waals surface area contributed by atoms with E-state index in [4.69, 9.17) is 16.0 Å². The van der Waals surface area contributed by atoms with Crippen molar-refractivity contribution in [2.45, 2.75) is 13.3 Å². The van der Waals surface area contributed by atoms with Crippen LogP contribution < -0.4 is 5.32 Å². The van der Waals surface area contributed by atoms with E-state index >= 15 is 0 Å². The highest BCUT2D eigenvalue weighted by Crippen LogP contribution is 2.27. The summed E-state index contributed by atoms with van der Waals surface area (Å²) in [7, 11) is 3.82. The number of hydrogen-bond acceptors (Lipinski definition) is 6. The maximum Gasteiger partial charge on any atom is 0.248 e. The first-order valence-electron chi connectivity index (χ1n) is 6.33. The number of oxazole rings is 1. The third-order valence-electron chi connectivity index (χ3n) is 2.90. The average molecular weight is 298 g/mol. The third kappa shape index (κ3) is 2.62. The molecule has 6 nitrogen and oxygen atoms in total. The zero-order valence-corrected chi connectivity index (χ0v) is 12.4. The number of fused-ring (bicyclic) bond motifs is 1. The lowest BCUT2D eigenvalue weighted by Crippen LogP contribution is -2.33. The lowest BCUT2D eigenvalue weighted by atomic mass is 10.0. The molecule has 1 aromatic rings. The summed E-state index contributed by atoms with van der Waals surface area (Å²) in [6.07, 6.45) is 0.509. The number of allylic oxidation sites excluding steroid dienone is 2. The number of ketones is 2. The lowest BCUT2D eigenvalue weighted by Gasteiger charge is -2.16. The molecule has 0 amide bonds. The Labute approximate surface area is 121 Å². The van der Waals surface area contributed by atoms with Crippen molar-refractivity contribution >= 4 is 23.2 Å². The predicted molar refractivity (Wildman–Crippen MR) is 74.0 cm³/mol. The first-order chi connectivity index (χ1) is 9.45. The molecule has 108 valence electrons. The molecular formula is C13H16ClN3O3. The van der Waals surface area contributed by atoms with E-state index < -0.39 is 11.6 Å². The fraction of sp³-hybridized carbons (Fsp3) is 0.462. The SMILES string of the molecule is CCc1nc2c(o1)C(=O)C(NCCN(C)C)=C(Cl)C2=O. The fourth-order valence-corrected chi connectivity index (χ4v) is 2.06. The number of likely N-dealkylation sites (N-methyl/N-ethyl adjacent to an activating group) is 1. The monoisotopic (exact) mass is 297 g/mol. The van der Waals surface area contributed by atoms with Gasteiger partial charge in [-0.1, -0.05) is 18.5 Å². The zero-order valence-electron chi connectivity index (χ0n) is 11.6. The molecule has 2 rings (SSSR count). The lowest BCUT2D eigenvalue weighted by molar-refractivity contribution is 0.0952. The molecule has 1 N–H and O–H groups in total. The van der Waals surface area contributed by atoms with Gasteiger partial charge >= 0.3 is 0 Å². The van der Waals surface area contributed by atoms with Crippen LogP contribution in [-0.4, -0.2) is 48.6 Å². The van der Waals surface area contributed by atoms with E-state index in [2.05, 4.69) is 10.3 Å². The quantitative estimate of drug-likeness (QED) is 0.880. The fourth-order valence-electron chi connectivity index (χ4n) is 1.82. The van der Waals surface area contributed by atoms with Crippen molar-refractivity contribution in [3.05, 3.63) is 28.1 Å². The molecule has 7 heteroatoms. The largest absolute Gasteiger partial charge is 0.436 e. The Morgan fingerprint density at radius 3 is 2.60 bits per heavy atom. The number of rotatable bonds is 5. The second kappa shape index (κ2) is 5.76. The first-order valence-corrected chi connectivity index (χ1v) is 6.71. The highest BCUT2D eigenvalue weighted by molar-refractivity contribution is 6.49. The van der Waals surface area contributed by atoms with Crippen LogP contribution in [-0.2, 0) is 6.42 Å². The van der Waals surface area contributed by atoms with Gasteiger partial charge < -0.3 is 14.6 Å². The van der Waals surface area contributed by atoms with Gasteiger partial charge in [0, 0.05) is 19.5 Å². The number of aryl methyl sites for hydroxylation is 1. The highest BCUT2D eigenvalue weighted by atomic mass is 35.5. The molecule has 0 aromatic carbocycles. The molecule has 0 radical (unpaired) electrons. The van der Waals surface area contributed by atoms with E-state index in [1.807, 2.05) is 25.9 Å². The van der Waals surface area contributed by atoms with Gasteiger partial charge in [0.15, 0.2) is 11.6 Å². The van der Waals surface area contributed by atoms with Gasteiger partial charge in [-0.2, -0.15) is 0 Å². The number of nitrogens with zero attached hydrogens (tertiary/aromatic N) is 2. The van der Waals surface area contributed by atoms with E-state index in [0.717, 1.165) is 0 Å². The normalized spacial score (nSPS) is 15.1. The number of carbonyl (C=O) groups is 2. The minimum atomic E-state index is -0.475. The molecule has 0 atom stereocenters. The van der Waals surface area contributed by atoms with Crippen molar-refractivity contribution in [2.75, 3.05) is 27.2 Å². The number of aromatic nitrogens is 1. The molecule has 0 aliphatic heterocycles. The molecule has 0 saturated heterocycles. The van der Waals surface area contributed by atoms with Crippen LogP contribution in [0, 0.1) is 0 Å². The van der Waals surface area contributed by atoms with Gasteiger partial charge in [-0.25, -0.2) is 4.98 Å². The Hall–Kier alpha value is -1.66. The second-order valence-electron chi connectivity index (χ2n) is 4.72. The summed E-state index contributed by atoms with van der Waals surface area (Å²) in [6, 6.07) is 0. The molecular weight excluding hydrogens is 282 g/mol. The molecule has 0 fully saturated rings. The van der Waals surface area contributed by atoms with E-state index in [0.29, 0.717) is 25.4 Å². The summed E-state index contributed by atoms with van der Waals surface area (Å²) in [5.74, 6) is -0.563. The summed E-state index contributed by atoms with van der Waals surface area (Å²) >= 11 is 5.97. The van der Waals surface area contributed by atoms with Crippen molar-refractivity contribution in [1.82, 2.24) is 15.2 Å². The minimum absolute atomic E-state index is 0.00927. The summed E-state index contributed by atoms with van der Waals surface area (Å²) in [6.45, 7) is 3.04. The van der Waals surface area contributed by atoms with Crippen molar-refractivity contribution in [1.29, 1.82) is 0 Å². The summed E-state index contributed by atoms with van der Waals surface area (Å²) in [5.41, 5.74) is 0.0971. The third-order valence-corrected chi connectivity index (χ3v) is 3.26. The van der Waals surface area contributed by atoms with Gasteiger partial charge in [-0.3, -0.25) is 9.59 Å². The van der Waals surface area contributed by atoms with Crippen molar-refractivity contribution in [3.8, 4) is 0 Å². The topological polar surface area (TPSA) is 75.4 Å². The van der Waals surface area contributed by atoms with E-state index in [-0.39, 0.29) is 22.2 Å². The van der Waals surface area contributed by atoms with E-state index in [1.54, 1.807) is 0 Å².